The second-order valence-corrected chi connectivity index (χ2v) is 3.69. The Morgan fingerprint density at radius 2 is 2.12 bits per heavy atom. The fourth-order valence-corrected chi connectivity index (χ4v) is 1.75. The number of amides is 1. The van der Waals surface area contributed by atoms with Gasteiger partial charge >= 0.3 is 0 Å². The molecule has 4 heteroatoms. The average Bonchev–Trinajstić information content (AvgIpc) is 2.38. The summed E-state index contributed by atoms with van der Waals surface area (Å²) in [5, 5.41) is 7.81. The summed E-state index contributed by atoms with van der Waals surface area (Å²) in [5.41, 5.74) is 0.433. The van der Waals surface area contributed by atoms with E-state index in [2.05, 4.69) is 15.6 Å². The molecule has 4 nitrogen and oxygen atoms in total. The van der Waals surface area contributed by atoms with E-state index in [4.69, 9.17) is 0 Å². The number of nitrogens with one attached hydrogen (secondary N) is 2. The van der Waals surface area contributed by atoms with Crippen molar-refractivity contribution in [1.82, 2.24) is 10.3 Å². The second-order valence-electron chi connectivity index (χ2n) is 3.69. The van der Waals surface area contributed by atoms with E-state index in [0.717, 1.165) is 23.1 Å². The number of carbonyl (C=O) groups is 1. The molecule has 17 heavy (non-hydrogen) atoms. The Morgan fingerprint density at radius 1 is 1.35 bits per heavy atom. The van der Waals surface area contributed by atoms with E-state index in [1.54, 1.807) is 13.1 Å². The zero-order chi connectivity index (χ0) is 12.3. The van der Waals surface area contributed by atoms with Crippen LogP contribution in [0.25, 0.3) is 10.8 Å². The van der Waals surface area contributed by atoms with E-state index in [0.29, 0.717) is 5.69 Å². The molecule has 88 valence electrons. The Morgan fingerprint density at radius 3 is 2.82 bits per heavy atom. The predicted molar refractivity (Wildman–Crippen MR) is 69.3 cm³/mol. The van der Waals surface area contributed by atoms with Crippen LogP contribution in [0.3, 0.4) is 0 Å². The molecule has 2 N–H and O–H groups in total. The standard InChI is InChI=1S/C13H15N3O/c1-3-15-12-10-7-5-4-6-9(10)8-11(16-12)13(17)14-2/h4-8H,3H2,1-2H3,(H,14,17)(H,15,16). The monoisotopic (exact) mass is 229 g/mol. The van der Waals surface area contributed by atoms with Crippen molar-refractivity contribution in [2.45, 2.75) is 6.92 Å². The maximum atomic E-state index is 11.6. The van der Waals surface area contributed by atoms with Gasteiger partial charge in [0.15, 0.2) is 0 Å². The number of rotatable bonds is 3. The molecule has 0 radical (unpaired) electrons. The van der Waals surface area contributed by atoms with Crippen molar-refractivity contribution in [3.8, 4) is 0 Å². The molecular formula is C13H15N3O. The second kappa shape index (κ2) is 4.82. The molecule has 1 aromatic heterocycles. The Kier molecular flexibility index (Phi) is 3.23. The molecule has 2 aromatic rings. The molecule has 2 rings (SSSR count). The molecule has 0 spiro atoms. The summed E-state index contributed by atoms with van der Waals surface area (Å²) < 4.78 is 0. The maximum absolute atomic E-state index is 11.6. The van der Waals surface area contributed by atoms with Gasteiger partial charge in [0, 0.05) is 19.0 Å². The van der Waals surface area contributed by atoms with Crippen LogP contribution in [0, 0.1) is 0 Å². The fourth-order valence-electron chi connectivity index (χ4n) is 1.75. The van der Waals surface area contributed by atoms with Crippen LogP contribution in [0.15, 0.2) is 30.3 Å². The molecule has 0 aliphatic heterocycles. The van der Waals surface area contributed by atoms with Gasteiger partial charge in [0.2, 0.25) is 0 Å². The number of aromatic nitrogens is 1. The zero-order valence-electron chi connectivity index (χ0n) is 9.95. The summed E-state index contributed by atoms with van der Waals surface area (Å²) in [5.74, 6) is 0.583. The molecule has 1 amide bonds. The van der Waals surface area contributed by atoms with E-state index in [1.165, 1.54) is 0 Å². The smallest absolute Gasteiger partial charge is 0.269 e. The van der Waals surface area contributed by atoms with Gasteiger partial charge < -0.3 is 10.6 Å². The molecule has 0 saturated heterocycles. The van der Waals surface area contributed by atoms with Crippen LogP contribution >= 0.6 is 0 Å². The Balaban J connectivity index is 2.62. The van der Waals surface area contributed by atoms with Gasteiger partial charge in [-0.15, -0.1) is 0 Å². The Bertz CT molecular complexity index is 551. The lowest BCUT2D eigenvalue weighted by Gasteiger charge is -2.09. The number of anilines is 1. The van der Waals surface area contributed by atoms with Crippen molar-refractivity contribution in [3.05, 3.63) is 36.0 Å². The molecular weight excluding hydrogens is 214 g/mol. The third kappa shape index (κ3) is 2.20. The summed E-state index contributed by atoms with van der Waals surface area (Å²) in [7, 11) is 1.60. The van der Waals surface area contributed by atoms with Crippen molar-refractivity contribution < 1.29 is 4.79 Å². The highest BCUT2D eigenvalue weighted by molar-refractivity contribution is 6.00. The number of fused-ring (bicyclic) bond motifs is 1. The first-order valence-corrected chi connectivity index (χ1v) is 5.62. The zero-order valence-corrected chi connectivity index (χ0v) is 9.95. The lowest BCUT2D eigenvalue weighted by atomic mass is 10.1. The van der Waals surface area contributed by atoms with E-state index >= 15 is 0 Å². The number of benzene rings is 1. The molecule has 0 bridgehead atoms. The first-order chi connectivity index (χ1) is 8.26. The first kappa shape index (κ1) is 11.4. The molecule has 0 aliphatic carbocycles. The van der Waals surface area contributed by atoms with E-state index < -0.39 is 0 Å². The van der Waals surface area contributed by atoms with Gasteiger partial charge in [-0.05, 0) is 18.4 Å². The van der Waals surface area contributed by atoms with Crippen LogP contribution in [0.5, 0.6) is 0 Å². The Labute approximate surface area is 100 Å². The third-order valence-electron chi connectivity index (χ3n) is 2.54. The van der Waals surface area contributed by atoms with Gasteiger partial charge in [-0.25, -0.2) is 4.98 Å². The van der Waals surface area contributed by atoms with Crippen molar-refractivity contribution >= 4 is 22.5 Å². The van der Waals surface area contributed by atoms with Crippen molar-refractivity contribution in [2.24, 2.45) is 0 Å². The van der Waals surface area contributed by atoms with Gasteiger partial charge in [0.1, 0.15) is 11.5 Å². The molecule has 1 heterocycles. The predicted octanol–water partition coefficient (Wildman–Crippen LogP) is 2.03. The van der Waals surface area contributed by atoms with Crippen molar-refractivity contribution in [2.75, 3.05) is 18.9 Å². The highest BCUT2D eigenvalue weighted by atomic mass is 16.1. The van der Waals surface area contributed by atoms with E-state index in [9.17, 15) is 4.79 Å². The average molecular weight is 229 g/mol. The van der Waals surface area contributed by atoms with E-state index in [-0.39, 0.29) is 5.91 Å². The number of hydrogen-bond donors (Lipinski definition) is 2. The van der Waals surface area contributed by atoms with Gasteiger partial charge in [-0.2, -0.15) is 0 Å². The van der Waals surface area contributed by atoms with Crippen LogP contribution in [0.1, 0.15) is 17.4 Å². The van der Waals surface area contributed by atoms with Crippen molar-refractivity contribution in [3.63, 3.8) is 0 Å². The van der Waals surface area contributed by atoms with Gasteiger partial charge in [0.05, 0.1) is 0 Å². The minimum absolute atomic E-state index is 0.171. The van der Waals surface area contributed by atoms with Crippen LogP contribution in [0.4, 0.5) is 5.82 Å². The third-order valence-corrected chi connectivity index (χ3v) is 2.54. The summed E-state index contributed by atoms with van der Waals surface area (Å²) in [4.78, 5) is 16.0. The highest BCUT2D eigenvalue weighted by Gasteiger charge is 2.09. The lowest BCUT2D eigenvalue weighted by molar-refractivity contribution is 0.0958. The highest BCUT2D eigenvalue weighted by Crippen LogP contribution is 2.22. The number of hydrogen-bond acceptors (Lipinski definition) is 3. The summed E-state index contributed by atoms with van der Waals surface area (Å²) in [6.07, 6.45) is 0. The van der Waals surface area contributed by atoms with Crippen molar-refractivity contribution in [1.29, 1.82) is 0 Å². The van der Waals surface area contributed by atoms with E-state index in [1.807, 2.05) is 31.2 Å². The number of carbonyl (C=O) groups excluding carboxylic acids is 1. The first-order valence-electron chi connectivity index (χ1n) is 5.62. The van der Waals surface area contributed by atoms with Gasteiger partial charge in [-0.3, -0.25) is 4.79 Å². The molecule has 0 unspecified atom stereocenters. The molecule has 0 aliphatic rings. The summed E-state index contributed by atoms with van der Waals surface area (Å²) in [6, 6.07) is 9.68. The lowest BCUT2D eigenvalue weighted by Crippen LogP contribution is -2.19. The van der Waals surface area contributed by atoms with Crippen LogP contribution in [-0.2, 0) is 0 Å². The molecule has 1 aromatic carbocycles. The minimum atomic E-state index is -0.171. The molecule has 0 saturated carbocycles. The normalized spacial score (nSPS) is 10.2. The topological polar surface area (TPSA) is 54.0 Å². The van der Waals surface area contributed by atoms with Crippen LogP contribution in [0.2, 0.25) is 0 Å². The maximum Gasteiger partial charge on any atom is 0.269 e. The fraction of sp³-hybridized carbons (Fsp3) is 0.231. The number of pyridine rings is 1. The SMILES string of the molecule is CCNc1nc(C(=O)NC)cc2ccccc12. The molecule has 0 fully saturated rings. The van der Waals surface area contributed by atoms with Crippen LogP contribution < -0.4 is 10.6 Å². The van der Waals surface area contributed by atoms with Crippen LogP contribution in [-0.4, -0.2) is 24.5 Å². The van der Waals surface area contributed by atoms with Gasteiger partial charge in [-0.1, -0.05) is 24.3 Å². The summed E-state index contributed by atoms with van der Waals surface area (Å²) >= 11 is 0. The molecule has 0 atom stereocenters. The quantitative estimate of drug-likeness (QED) is 0.846. The number of nitrogens with zero attached hydrogens (tertiary/aromatic N) is 1. The Hall–Kier alpha value is -2.10. The van der Waals surface area contributed by atoms with Gasteiger partial charge in [0.25, 0.3) is 5.91 Å². The minimum Gasteiger partial charge on any atom is -0.370 e. The summed E-state index contributed by atoms with van der Waals surface area (Å²) in [6.45, 7) is 2.78. The largest absolute Gasteiger partial charge is 0.370 e.